The largest absolute Gasteiger partial charge is 0.361 e. The number of nitrogens with zero attached hydrogens (tertiary/aromatic N) is 3. The van der Waals surface area contributed by atoms with Crippen molar-refractivity contribution in [2.75, 3.05) is 23.3 Å². The zero-order chi connectivity index (χ0) is 17.2. The quantitative estimate of drug-likeness (QED) is 0.771. The van der Waals surface area contributed by atoms with Crippen LogP contribution in [-0.2, 0) is 4.79 Å². The molecule has 2 N–H and O–H groups in total. The second-order valence-corrected chi connectivity index (χ2v) is 6.55. The number of amides is 1. The lowest BCUT2D eigenvalue weighted by atomic mass is 9.95. The van der Waals surface area contributed by atoms with Crippen LogP contribution in [0.4, 0.5) is 11.5 Å². The average Bonchev–Trinajstić information content (AvgIpc) is 3.10. The molecule has 0 radical (unpaired) electrons. The molecule has 1 aromatic carbocycles. The summed E-state index contributed by atoms with van der Waals surface area (Å²) < 4.78 is 0. The van der Waals surface area contributed by atoms with E-state index in [9.17, 15) is 4.79 Å². The van der Waals surface area contributed by atoms with Crippen molar-refractivity contribution in [3.8, 4) is 0 Å². The van der Waals surface area contributed by atoms with Crippen LogP contribution in [0.25, 0.3) is 10.9 Å². The Hall–Kier alpha value is -2.89. The highest BCUT2D eigenvalue weighted by Gasteiger charge is 2.26. The van der Waals surface area contributed by atoms with Gasteiger partial charge in [-0.3, -0.25) is 9.78 Å². The molecule has 3 heterocycles. The van der Waals surface area contributed by atoms with Crippen LogP contribution in [0.15, 0.2) is 43.0 Å². The fraction of sp³-hybridized carbons (Fsp3) is 0.316. The van der Waals surface area contributed by atoms with Gasteiger partial charge in [-0.25, -0.2) is 4.98 Å². The van der Waals surface area contributed by atoms with Crippen molar-refractivity contribution >= 4 is 28.3 Å². The van der Waals surface area contributed by atoms with E-state index in [-0.39, 0.29) is 11.8 Å². The average molecular weight is 335 g/mol. The number of nitrogens with one attached hydrogen (secondary N) is 2. The van der Waals surface area contributed by atoms with Gasteiger partial charge in [-0.1, -0.05) is 0 Å². The molecule has 0 spiro atoms. The lowest BCUT2D eigenvalue weighted by Gasteiger charge is -2.31. The normalized spacial score (nSPS) is 15.5. The number of benzene rings is 1. The molecule has 0 saturated carbocycles. The summed E-state index contributed by atoms with van der Waals surface area (Å²) in [7, 11) is 0. The van der Waals surface area contributed by atoms with Crippen LogP contribution < -0.4 is 10.2 Å². The van der Waals surface area contributed by atoms with Crippen LogP contribution in [0.5, 0.6) is 0 Å². The molecular formula is C19H21N5O. The SMILES string of the molecule is Cc1cc2cc[nH]c2cc1NC(=O)C1CCN(c2cnccn2)CC1. The molecule has 1 saturated heterocycles. The molecule has 3 aromatic rings. The van der Waals surface area contributed by atoms with Crippen LogP contribution in [0, 0.1) is 12.8 Å². The monoisotopic (exact) mass is 335 g/mol. The van der Waals surface area contributed by atoms with Gasteiger partial charge in [0.15, 0.2) is 0 Å². The Morgan fingerprint density at radius 2 is 2.12 bits per heavy atom. The molecule has 0 unspecified atom stereocenters. The molecule has 6 nitrogen and oxygen atoms in total. The Kier molecular flexibility index (Phi) is 4.09. The molecule has 2 aromatic heterocycles. The van der Waals surface area contributed by atoms with Gasteiger partial charge >= 0.3 is 0 Å². The van der Waals surface area contributed by atoms with Crippen molar-refractivity contribution in [3.63, 3.8) is 0 Å². The summed E-state index contributed by atoms with van der Waals surface area (Å²) in [5.74, 6) is 1.02. The molecule has 1 aliphatic rings. The van der Waals surface area contributed by atoms with Crippen molar-refractivity contribution in [1.29, 1.82) is 0 Å². The van der Waals surface area contributed by atoms with Crippen LogP contribution >= 0.6 is 0 Å². The highest BCUT2D eigenvalue weighted by molar-refractivity contribution is 5.96. The van der Waals surface area contributed by atoms with Gasteiger partial charge in [-0.2, -0.15) is 0 Å². The van der Waals surface area contributed by atoms with Gasteiger partial charge in [0, 0.05) is 48.8 Å². The smallest absolute Gasteiger partial charge is 0.227 e. The number of carbonyl (C=O) groups is 1. The van der Waals surface area contributed by atoms with E-state index in [0.717, 1.165) is 53.9 Å². The third-order valence-electron chi connectivity index (χ3n) is 4.90. The summed E-state index contributed by atoms with van der Waals surface area (Å²) in [4.78, 5) is 26.5. The van der Waals surface area contributed by atoms with E-state index >= 15 is 0 Å². The molecule has 1 amide bonds. The van der Waals surface area contributed by atoms with E-state index in [4.69, 9.17) is 0 Å². The number of aromatic nitrogens is 3. The summed E-state index contributed by atoms with van der Waals surface area (Å²) in [6, 6.07) is 6.14. The van der Waals surface area contributed by atoms with Crippen LogP contribution in [-0.4, -0.2) is 33.9 Å². The third-order valence-corrected chi connectivity index (χ3v) is 4.90. The molecule has 0 bridgehead atoms. The zero-order valence-electron chi connectivity index (χ0n) is 14.2. The number of rotatable bonds is 3. The first-order valence-corrected chi connectivity index (χ1v) is 8.60. The van der Waals surface area contributed by atoms with Crippen LogP contribution in [0.2, 0.25) is 0 Å². The van der Waals surface area contributed by atoms with Gasteiger partial charge in [0.1, 0.15) is 5.82 Å². The van der Waals surface area contributed by atoms with Crippen molar-refractivity contribution in [3.05, 3.63) is 48.5 Å². The lowest BCUT2D eigenvalue weighted by Crippen LogP contribution is -2.38. The number of anilines is 2. The number of aryl methyl sites for hydroxylation is 1. The molecule has 1 aliphatic heterocycles. The second kappa shape index (κ2) is 6.55. The summed E-state index contributed by atoms with van der Waals surface area (Å²) >= 11 is 0. The molecule has 4 rings (SSSR count). The maximum Gasteiger partial charge on any atom is 0.227 e. The predicted molar refractivity (Wildman–Crippen MR) is 98.6 cm³/mol. The van der Waals surface area contributed by atoms with Gasteiger partial charge in [0.2, 0.25) is 5.91 Å². The van der Waals surface area contributed by atoms with Gasteiger partial charge in [0.05, 0.1) is 6.20 Å². The van der Waals surface area contributed by atoms with Gasteiger partial charge < -0.3 is 15.2 Å². The molecule has 25 heavy (non-hydrogen) atoms. The number of fused-ring (bicyclic) bond motifs is 1. The maximum atomic E-state index is 12.7. The minimum Gasteiger partial charge on any atom is -0.361 e. The minimum absolute atomic E-state index is 0.0339. The molecule has 128 valence electrons. The Morgan fingerprint density at radius 3 is 2.88 bits per heavy atom. The standard InChI is InChI=1S/C19H21N5O/c1-13-10-15-2-5-21-17(15)11-16(13)23-19(25)14-3-8-24(9-4-14)18-12-20-6-7-22-18/h2,5-7,10-12,14,21H,3-4,8-9H2,1H3,(H,23,25). The molecule has 1 fully saturated rings. The van der Waals surface area contributed by atoms with Crippen molar-refractivity contribution < 1.29 is 4.79 Å². The second-order valence-electron chi connectivity index (χ2n) is 6.55. The van der Waals surface area contributed by atoms with E-state index in [2.05, 4.69) is 31.2 Å². The van der Waals surface area contributed by atoms with Crippen molar-refractivity contribution in [2.45, 2.75) is 19.8 Å². The van der Waals surface area contributed by atoms with Crippen LogP contribution in [0.3, 0.4) is 0 Å². The Labute approximate surface area is 146 Å². The summed E-state index contributed by atoms with van der Waals surface area (Å²) in [5.41, 5.74) is 3.01. The fourth-order valence-electron chi connectivity index (χ4n) is 3.41. The summed E-state index contributed by atoms with van der Waals surface area (Å²) in [6.07, 6.45) is 8.71. The maximum absolute atomic E-state index is 12.7. The molecule has 0 atom stereocenters. The molecular weight excluding hydrogens is 314 g/mol. The van der Waals surface area contributed by atoms with E-state index in [1.54, 1.807) is 18.6 Å². The predicted octanol–water partition coefficient (Wildman–Crippen LogP) is 3.12. The highest BCUT2D eigenvalue weighted by Crippen LogP contribution is 2.26. The number of hydrogen-bond donors (Lipinski definition) is 2. The molecule has 0 aliphatic carbocycles. The van der Waals surface area contributed by atoms with Gasteiger partial charge in [-0.15, -0.1) is 0 Å². The minimum atomic E-state index is 0.0339. The van der Waals surface area contributed by atoms with Crippen LogP contribution in [0.1, 0.15) is 18.4 Å². The number of aromatic amines is 1. The first-order valence-electron chi connectivity index (χ1n) is 8.60. The summed E-state index contributed by atoms with van der Waals surface area (Å²) in [5, 5.41) is 4.27. The van der Waals surface area contributed by atoms with Gasteiger partial charge in [0.25, 0.3) is 0 Å². The Bertz CT molecular complexity index is 881. The van der Waals surface area contributed by atoms with Crippen molar-refractivity contribution in [2.24, 2.45) is 5.92 Å². The topological polar surface area (TPSA) is 73.9 Å². The number of piperidine rings is 1. The summed E-state index contributed by atoms with van der Waals surface area (Å²) in [6.45, 7) is 3.68. The lowest BCUT2D eigenvalue weighted by molar-refractivity contribution is -0.120. The fourth-order valence-corrected chi connectivity index (χ4v) is 3.41. The van der Waals surface area contributed by atoms with Crippen molar-refractivity contribution in [1.82, 2.24) is 15.0 Å². The highest BCUT2D eigenvalue weighted by atomic mass is 16.1. The number of hydrogen-bond acceptors (Lipinski definition) is 4. The Balaban J connectivity index is 1.41. The van der Waals surface area contributed by atoms with E-state index in [0.29, 0.717) is 0 Å². The first-order chi connectivity index (χ1) is 12.2. The van der Waals surface area contributed by atoms with Gasteiger partial charge in [-0.05, 0) is 48.9 Å². The van der Waals surface area contributed by atoms with E-state index < -0.39 is 0 Å². The number of carbonyl (C=O) groups excluding carboxylic acids is 1. The first kappa shape index (κ1) is 15.6. The Morgan fingerprint density at radius 1 is 1.28 bits per heavy atom. The number of H-pyrrole nitrogens is 1. The zero-order valence-corrected chi connectivity index (χ0v) is 14.2. The molecule has 6 heteroatoms. The van der Waals surface area contributed by atoms with E-state index in [1.807, 2.05) is 25.3 Å². The third kappa shape index (κ3) is 3.20. The van der Waals surface area contributed by atoms with E-state index in [1.165, 1.54) is 0 Å².